The number of phenolic OH excluding ortho intramolecular Hbond substituents is 1. The van der Waals surface area contributed by atoms with Crippen molar-refractivity contribution in [3.05, 3.63) is 102 Å². The Morgan fingerprint density at radius 2 is 1.59 bits per heavy atom. The van der Waals surface area contributed by atoms with Crippen molar-refractivity contribution in [3.63, 3.8) is 0 Å². The second-order valence-electron chi connectivity index (χ2n) is 26.0. The number of benzene rings is 2. The number of nitrogen functional groups attached to an aromatic ring is 1. The van der Waals surface area contributed by atoms with Crippen molar-refractivity contribution in [3.8, 4) is 33.3 Å². The number of amides is 2. The van der Waals surface area contributed by atoms with Crippen molar-refractivity contribution in [1.29, 1.82) is 0 Å². The molecule has 10 heterocycles. The third kappa shape index (κ3) is 11.9. The van der Waals surface area contributed by atoms with Gasteiger partial charge in [0, 0.05) is 93.4 Å². The molecule has 20 heteroatoms. The molecule has 6 aromatic rings. The van der Waals surface area contributed by atoms with E-state index < -0.39 is 18.1 Å². The molecule has 6 saturated heterocycles. The number of phenols is 1. The molecule has 2 amide bonds. The Morgan fingerprint density at radius 1 is 0.847 bits per heavy atom. The maximum Gasteiger partial charge on any atom is 0.243 e. The number of anilines is 4. The van der Waals surface area contributed by atoms with Gasteiger partial charge in [-0.25, -0.2) is 9.97 Å². The molecule has 0 radical (unpaired) electrons. The third-order valence-electron chi connectivity index (χ3n) is 20.2. The summed E-state index contributed by atoms with van der Waals surface area (Å²) >= 11 is 1.61. The van der Waals surface area contributed by atoms with Gasteiger partial charge in [-0.15, -0.1) is 21.5 Å². The standard InChI is InChI=1S/C65H83N13O6S/c1-40(2)60(64(82)77-38-50(79)30-55(77)63(81)69-41(3)44-9-11-45(12-10-44)61-42(4)68-39-85-61)57-32-58(72-84-57)75-25-16-43(17-26-75)35-73-23-18-46(19-24-73)74-27-20-65(21-28-74)33-51(34-65)83-59-29-47(15-22-67-59)78-48-13-14-49(78)37-76(36-48)54-31-53(70-71-62(54)66)52-7-5-6-8-56(52)80/h5-12,15,22,29,31-32,39-41,43,46,48-51,55,60,79-80H,13-14,16-21,23-28,30,33-38H2,1-4H3,(H2,66,71)(H,69,81)/t41-,48?,49?,50+,55-,60+/m0/s1. The lowest BCUT2D eigenvalue weighted by molar-refractivity contribution is -0.141. The van der Waals surface area contributed by atoms with Crippen LogP contribution in [0, 0.1) is 24.2 Å². The highest BCUT2D eigenvalue weighted by Crippen LogP contribution is 2.51. The number of pyridine rings is 1. The van der Waals surface area contributed by atoms with Gasteiger partial charge < -0.3 is 59.9 Å². The molecule has 7 fully saturated rings. The fourth-order valence-corrected chi connectivity index (χ4v) is 16.2. The van der Waals surface area contributed by atoms with Crippen LogP contribution in [-0.2, 0) is 9.59 Å². The maximum absolute atomic E-state index is 14.4. The number of para-hydroxylation sites is 1. The SMILES string of the molecule is Cc1ncsc1-c1ccc([C@H](C)NC(=O)[C@@H]2C[C@@H](O)CN2C(=O)[C@@H](c2cc(N3CCC(CN4CCC(N5CCC6(CC5)CC(Oc5cc(N7C8CCC7CN(c7cc(-c9ccccc9O)nnc7N)C8)ccn5)C6)CC4)CC3)no2)C(C)C)cc1. The molecule has 2 aromatic carbocycles. The summed E-state index contributed by atoms with van der Waals surface area (Å²) in [6, 6.07) is 23.7. The Balaban J connectivity index is 0.531. The number of aliphatic hydroxyl groups is 1. The first-order valence-corrected chi connectivity index (χ1v) is 32.1. The minimum Gasteiger partial charge on any atom is -0.507 e. The number of ether oxygens (including phenoxy) is 1. The van der Waals surface area contributed by atoms with Gasteiger partial charge in [-0.2, -0.15) is 0 Å². The molecule has 7 aliphatic rings. The topological polar surface area (TPSA) is 219 Å². The number of nitrogens with one attached hydrogen (secondary N) is 1. The number of likely N-dealkylation sites (tertiary alicyclic amines) is 3. The monoisotopic (exact) mass is 1170 g/mol. The molecule has 13 rings (SSSR count). The second-order valence-corrected chi connectivity index (χ2v) is 26.9. The minimum absolute atomic E-state index is 0.0929. The number of rotatable bonds is 16. The van der Waals surface area contributed by atoms with Crippen LogP contribution in [0.4, 0.5) is 23.0 Å². The van der Waals surface area contributed by atoms with Crippen LogP contribution < -0.4 is 30.5 Å². The van der Waals surface area contributed by atoms with E-state index in [4.69, 9.17) is 20.0 Å². The summed E-state index contributed by atoms with van der Waals surface area (Å²) in [7, 11) is 0. The molecular formula is C65H83N13O6S. The molecule has 5 N–H and O–H groups in total. The van der Waals surface area contributed by atoms with Gasteiger partial charge in [0.2, 0.25) is 17.7 Å². The van der Waals surface area contributed by atoms with Crippen molar-refractivity contribution in [2.75, 3.05) is 85.9 Å². The number of β-amino-alcohol motifs (C(OH)–C–C–N with tert-alkyl or cyclic N) is 1. The molecule has 1 aliphatic carbocycles. The molecule has 85 heavy (non-hydrogen) atoms. The number of aryl methyl sites for hydroxylation is 1. The second kappa shape index (κ2) is 24.1. The largest absolute Gasteiger partial charge is 0.507 e. The quantitative estimate of drug-likeness (QED) is 0.0712. The van der Waals surface area contributed by atoms with Crippen molar-refractivity contribution in [2.24, 2.45) is 17.3 Å². The summed E-state index contributed by atoms with van der Waals surface area (Å²) in [5.74, 6) is 1.92. The highest BCUT2D eigenvalue weighted by atomic mass is 32.1. The van der Waals surface area contributed by atoms with E-state index >= 15 is 0 Å². The van der Waals surface area contributed by atoms with Gasteiger partial charge in [0.15, 0.2) is 17.4 Å². The predicted octanol–water partition coefficient (Wildman–Crippen LogP) is 8.69. The molecule has 1 spiro atoms. The Hall–Kier alpha value is -6.87. The van der Waals surface area contributed by atoms with E-state index in [0.29, 0.717) is 52.3 Å². The van der Waals surface area contributed by atoms with Gasteiger partial charge in [-0.1, -0.05) is 55.4 Å². The summed E-state index contributed by atoms with van der Waals surface area (Å²) in [6.45, 7) is 17.2. The van der Waals surface area contributed by atoms with Crippen molar-refractivity contribution in [1.82, 2.24) is 45.3 Å². The minimum atomic E-state index is -0.796. The van der Waals surface area contributed by atoms with Crippen LogP contribution >= 0.6 is 11.3 Å². The van der Waals surface area contributed by atoms with Crippen LogP contribution in [0.5, 0.6) is 11.6 Å². The number of nitrogens with zero attached hydrogens (tertiary/aromatic N) is 11. The lowest BCUT2D eigenvalue weighted by atomic mass is 9.61. The molecule has 4 aromatic heterocycles. The summed E-state index contributed by atoms with van der Waals surface area (Å²) in [5, 5.41) is 37.6. The zero-order valence-corrected chi connectivity index (χ0v) is 50.5. The average molecular weight is 1170 g/mol. The van der Waals surface area contributed by atoms with Crippen LogP contribution in [0.15, 0.2) is 89.0 Å². The van der Waals surface area contributed by atoms with E-state index in [1.54, 1.807) is 28.4 Å². The number of nitrogens with two attached hydrogens (primary N) is 1. The summed E-state index contributed by atoms with van der Waals surface area (Å²) in [6.07, 6.45) is 13.0. The number of hydrogen-bond donors (Lipinski definition) is 4. The van der Waals surface area contributed by atoms with E-state index in [2.05, 4.69) is 62.3 Å². The van der Waals surface area contributed by atoms with Crippen LogP contribution in [0.25, 0.3) is 21.7 Å². The Morgan fingerprint density at radius 3 is 2.29 bits per heavy atom. The Bertz CT molecular complexity index is 3290. The first kappa shape index (κ1) is 57.2. The van der Waals surface area contributed by atoms with Gasteiger partial charge in [-0.3, -0.25) is 9.59 Å². The highest BCUT2D eigenvalue weighted by molar-refractivity contribution is 7.13. The van der Waals surface area contributed by atoms with E-state index in [1.165, 1.54) is 44.5 Å². The average Bonchev–Trinajstić information content (AvgIpc) is 3.26. The van der Waals surface area contributed by atoms with Gasteiger partial charge >= 0.3 is 0 Å². The third-order valence-corrected chi connectivity index (χ3v) is 21.2. The number of carbonyl (C=O) groups excluding carboxylic acids is 2. The number of fused-ring (bicyclic) bond motifs is 2. The molecular weight excluding hydrogens is 1090 g/mol. The fourth-order valence-electron chi connectivity index (χ4n) is 15.4. The first-order chi connectivity index (χ1) is 41.2. The molecule has 450 valence electrons. The van der Waals surface area contributed by atoms with E-state index in [9.17, 15) is 19.8 Å². The molecule has 6 atom stereocenters. The number of piperazine rings is 1. The Labute approximate surface area is 502 Å². The number of piperidine rings is 3. The number of aromatic hydroxyl groups is 1. The van der Waals surface area contributed by atoms with Gasteiger partial charge in [0.25, 0.3) is 0 Å². The molecule has 19 nitrogen and oxygen atoms in total. The van der Waals surface area contributed by atoms with Gasteiger partial charge in [0.1, 0.15) is 23.8 Å². The molecule has 6 aliphatic heterocycles. The molecule has 2 bridgehead atoms. The van der Waals surface area contributed by atoms with Crippen LogP contribution in [0.2, 0.25) is 0 Å². The zero-order valence-electron chi connectivity index (χ0n) is 49.6. The summed E-state index contributed by atoms with van der Waals surface area (Å²) in [4.78, 5) is 52.8. The van der Waals surface area contributed by atoms with Crippen molar-refractivity contribution >= 4 is 46.2 Å². The maximum atomic E-state index is 14.4. The van der Waals surface area contributed by atoms with Crippen molar-refractivity contribution in [2.45, 2.75) is 147 Å². The van der Waals surface area contributed by atoms with E-state index in [-0.39, 0.29) is 48.6 Å². The van der Waals surface area contributed by atoms with E-state index in [1.807, 2.05) is 87.9 Å². The highest BCUT2D eigenvalue weighted by Gasteiger charge is 2.49. The predicted molar refractivity (Wildman–Crippen MR) is 330 cm³/mol. The van der Waals surface area contributed by atoms with Crippen LogP contribution in [-0.4, -0.2) is 164 Å². The van der Waals surface area contributed by atoms with Crippen molar-refractivity contribution < 1.29 is 29.1 Å². The lowest BCUT2D eigenvalue weighted by Gasteiger charge is -2.53. The van der Waals surface area contributed by atoms with Gasteiger partial charge in [-0.05, 0) is 157 Å². The number of aromatic nitrogens is 5. The van der Waals surface area contributed by atoms with Gasteiger partial charge in [0.05, 0.1) is 39.6 Å². The normalized spacial score (nSPS) is 24.1. The molecule has 1 saturated carbocycles. The number of thiazole rings is 1. The Kier molecular flexibility index (Phi) is 16.2. The summed E-state index contributed by atoms with van der Waals surface area (Å²) in [5.41, 5.74) is 15.0. The zero-order chi connectivity index (χ0) is 58.5. The van der Waals surface area contributed by atoms with Crippen LogP contribution in [0.1, 0.15) is 120 Å². The number of carbonyl (C=O) groups is 2. The first-order valence-electron chi connectivity index (χ1n) is 31.3. The van der Waals surface area contributed by atoms with Crippen LogP contribution in [0.3, 0.4) is 0 Å². The summed E-state index contributed by atoms with van der Waals surface area (Å²) < 4.78 is 12.6. The fraction of sp³-hybridized carbons (Fsp3) is 0.554. The number of aliphatic hydroxyl groups excluding tert-OH is 1. The smallest absolute Gasteiger partial charge is 0.243 e. The lowest BCUT2D eigenvalue weighted by Crippen LogP contribution is -2.54. The molecule has 2 unspecified atom stereocenters. The van der Waals surface area contributed by atoms with E-state index in [0.717, 1.165) is 123 Å². The number of hydrogen-bond acceptors (Lipinski definition) is 18.